The van der Waals surface area contributed by atoms with Crippen LogP contribution in [0.4, 0.5) is 11.5 Å². The molecule has 1 N–H and O–H groups in total. The van der Waals surface area contributed by atoms with Crippen LogP contribution in [0.15, 0.2) is 18.2 Å². The van der Waals surface area contributed by atoms with Gasteiger partial charge in [0.15, 0.2) is 0 Å². The Balaban J connectivity index is 2.40. The van der Waals surface area contributed by atoms with Gasteiger partial charge in [-0.05, 0) is 32.4 Å². The van der Waals surface area contributed by atoms with E-state index in [1.165, 1.54) is 11.1 Å². The Bertz CT molecular complexity index is 609. The lowest BCUT2D eigenvalue weighted by Crippen LogP contribution is -2.04. The van der Waals surface area contributed by atoms with Gasteiger partial charge >= 0.3 is 0 Å². The predicted molar refractivity (Wildman–Crippen MR) is 80.4 cm³/mol. The molecule has 1 aromatic carbocycles. The first-order chi connectivity index (χ1) is 9.01. The number of nitrogens with one attached hydrogen (secondary N) is 1. The van der Waals surface area contributed by atoms with E-state index in [4.69, 9.17) is 11.6 Å². The average molecular weight is 276 g/mol. The Morgan fingerprint density at radius 2 is 1.89 bits per heavy atom. The van der Waals surface area contributed by atoms with Crippen LogP contribution in [0.25, 0.3) is 0 Å². The minimum Gasteiger partial charge on any atom is -0.340 e. The second kappa shape index (κ2) is 5.57. The van der Waals surface area contributed by atoms with Crippen LogP contribution < -0.4 is 5.32 Å². The number of rotatable bonds is 3. The van der Waals surface area contributed by atoms with Gasteiger partial charge in [-0.25, -0.2) is 9.97 Å². The van der Waals surface area contributed by atoms with E-state index < -0.39 is 0 Å². The highest BCUT2D eigenvalue weighted by atomic mass is 35.5. The standard InChI is InChI=1S/C15H18ClN3/c1-5-13-18-14(16)11(4)15(19-13)17-12-7-6-9(2)8-10(12)3/h6-8H,5H2,1-4H3,(H,17,18,19). The van der Waals surface area contributed by atoms with Crippen molar-refractivity contribution in [2.45, 2.75) is 34.1 Å². The quantitative estimate of drug-likeness (QED) is 0.846. The van der Waals surface area contributed by atoms with Crippen molar-refractivity contribution >= 4 is 23.1 Å². The molecule has 0 spiro atoms. The lowest BCUT2D eigenvalue weighted by molar-refractivity contribution is 0.934. The molecule has 0 bridgehead atoms. The molecular formula is C15H18ClN3. The van der Waals surface area contributed by atoms with Crippen molar-refractivity contribution in [3.8, 4) is 0 Å². The third-order valence-corrected chi connectivity index (χ3v) is 3.45. The van der Waals surface area contributed by atoms with Crippen LogP contribution in [0.5, 0.6) is 0 Å². The Morgan fingerprint density at radius 1 is 1.16 bits per heavy atom. The molecule has 0 atom stereocenters. The third kappa shape index (κ3) is 3.04. The van der Waals surface area contributed by atoms with E-state index in [0.29, 0.717) is 5.15 Å². The lowest BCUT2D eigenvalue weighted by atomic mass is 10.1. The van der Waals surface area contributed by atoms with E-state index in [0.717, 1.165) is 29.3 Å². The van der Waals surface area contributed by atoms with Crippen LogP contribution in [0.2, 0.25) is 5.15 Å². The molecule has 0 unspecified atom stereocenters. The molecule has 1 aromatic heterocycles. The normalized spacial score (nSPS) is 10.6. The van der Waals surface area contributed by atoms with Crippen molar-refractivity contribution in [1.82, 2.24) is 9.97 Å². The zero-order valence-corrected chi connectivity index (χ0v) is 12.5. The number of aryl methyl sites for hydroxylation is 3. The highest BCUT2D eigenvalue weighted by molar-refractivity contribution is 6.30. The molecule has 2 aromatic rings. The van der Waals surface area contributed by atoms with Crippen LogP contribution in [-0.2, 0) is 6.42 Å². The molecule has 0 radical (unpaired) electrons. The SMILES string of the molecule is CCc1nc(Cl)c(C)c(Nc2ccc(C)cc2C)n1. The topological polar surface area (TPSA) is 37.8 Å². The van der Waals surface area contributed by atoms with Crippen molar-refractivity contribution in [3.63, 3.8) is 0 Å². The number of hydrogen-bond donors (Lipinski definition) is 1. The van der Waals surface area contributed by atoms with E-state index in [2.05, 4.69) is 47.3 Å². The van der Waals surface area contributed by atoms with Crippen LogP contribution in [0.1, 0.15) is 29.4 Å². The maximum atomic E-state index is 6.14. The van der Waals surface area contributed by atoms with Gasteiger partial charge in [0.05, 0.1) is 0 Å². The predicted octanol–water partition coefficient (Wildman–Crippen LogP) is 4.36. The summed E-state index contributed by atoms with van der Waals surface area (Å²) in [6, 6.07) is 6.28. The van der Waals surface area contributed by atoms with Gasteiger partial charge in [0.25, 0.3) is 0 Å². The fourth-order valence-electron chi connectivity index (χ4n) is 1.89. The summed E-state index contributed by atoms with van der Waals surface area (Å²) in [5.74, 6) is 1.53. The molecule has 0 saturated heterocycles. The van der Waals surface area contributed by atoms with Gasteiger partial charge in [-0.15, -0.1) is 0 Å². The Labute approximate surface area is 119 Å². The number of hydrogen-bond acceptors (Lipinski definition) is 3. The van der Waals surface area contributed by atoms with Gasteiger partial charge in [-0.2, -0.15) is 0 Å². The minimum atomic E-state index is 0.513. The summed E-state index contributed by atoms with van der Waals surface area (Å²) >= 11 is 6.14. The summed E-state index contributed by atoms with van der Waals surface area (Å²) in [7, 11) is 0. The van der Waals surface area contributed by atoms with Crippen molar-refractivity contribution in [1.29, 1.82) is 0 Å². The number of anilines is 2. The molecule has 0 saturated carbocycles. The molecule has 0 aliphatic carbocycles. The van der Waals surface area contributed by atoms with Gasteiger partial charge < -0.3 is 5.32 Å². The molecule has 0 aliphatic heterocycles. The molecule has 2 rings (SSSR count). The molecule has 0 amide bonds. The lowest BCUT2D eigenvalue weighted by Gasteiger charge is -2.13. The molecule has 3 nitrogen and oxygen atoms in total. The Hall–Kier alpha value is -1.61. The first kappa shape index (κ1) is 13.8. The van der Waals surface area contributed by atoms with Gasteiger partial charge in [0.2, 0.25) is 0 Å². The van der Waals surface area contributed by atoms with Crippen LogP contribution in [0.3, 0.4) is 0 Å². The summed E-state index contributed by atoms with van der Waals surface area (Å²) in [6.07, 6.45) is 0.765. The maximum Gasteiger partial charge on any atom is 0.138 e. The molecule has 100 valence electrons. The second-order valence-electron chi connectivity index (χ2n) is 4.70. The van der Waals surface area contributed by atoms with E-state index in [1.54, 1.807) is 0 Å². The summed E-state index contributed by atoms with van der Waals surface area (Å²) in [5.41, 5.74) is 4.35. The third-order valence-electron chi connectivity index (χ3n) is 3.08. The van der Waals surface area contributed by atoms with Gasteiger partial charge in [-0.1, -0.05) is 36.2 Å². The summed E-state index contributed by atoms with van der Waals surface area (Å²) in [6.45, 7) is 8.10. The molecular weight excluding hydrogens is 258 g/mol. The fourth-order valence-corrected chi connectivity index (χ4v) is 2.08. The van der Waals surface area contributed by atoms with Crippen LogP contribution >= 0.6 is 11.6 Å². The zero-order chi connectivity index (χ0) is 14.0. The summed E-state index contributed by atoms with van der Waals surface area (Å²) < 4.78 is 0. The van der Waals surface area contributed by atoms with Gasteiger partial charge in [0, 0.05) is 17.7 Å². The number of benzene rings is 1. The van der Waals surface area contributed by atoms with Crippen molar-refractivity contribution in [2.24, 2.45) is 0 Å². The minimum absolute atomic E-state index is 0.513. The van der Waals surface area contributed by atoms with E-state index >= 15 is 0 Å². The van der Waals surface area contributed by atoms with Gasteiger partial charge in [-0.3, -0.25) is 0 Å². The van der Waals surface area contributed by atoms with Crippen LogP contribution in [-0.4, -0.2) is 9.97 Å². The first-order valence-electron chi connectivity index (χ1n) is 6.38. The average Bonchev–Trinajstić information content (AvgIpc) is 2.37. The zero-order valence-electron chi connectivity index (χ0n) is 11.7. The smallest absolute Gasteiger partial charge is 0.138 e. The number of nitrogens with zero attached hydrogens (tertiary/aromatic N) is 2. The largest absolute Gasteiger partial charge is 0.340 e. The van der Waals surface area contributed by atoms with Crippen molar-refractivity contribution in [2.75, 3.05) is 5.32 Å². The van der Waals surface area contributed by atoms with Crippen molar-refractivity contribution < 1.29 is 0 Å². The molecule has 0 aliphatic rings. The highest BCUT2D eigenvalue weighted by Crippen LogP contribution is 2.25. The summed E-state index contributed by atoms with van der Waals surface area (Å²) in [5, 5.41) is 3.86. The van der Waals surface area contributed by atoms with Crippen LogP contribution in [0, 0.1) is 20.8 Å². The highest BCUT2D eigenvalue weighted by Gasteiger charge is 2.09. The molecule has 19 heavy (non-hydrogen) atoms. The number of halogens is 1. The van der Waals surface area contributed by atoms with Gasteiger partial charge in [0.1, 0.15) is 16.8 Å². The molecule has 4 heteroatoms. The number of aromatic nitrogens is 2. The van der Waals surface area contributed by atoms with E-state index in [9.17, 15) is 0 Å². The molecule has 1 heterocycles. The Morgan fingerprint density at radius 3 is 2.53 bits per heavy atom. The van der Waals surface area contributed by atoms with E-state index in [1.807, 2.05) is 13.8 Å². The first-order valence-corrected chi connectivity index (χ1v) is 6.76. The van der Waals surface area contributed by atoms with Crippen molar-refractivity contribution in [3.05, 3.63) is 45.9 Å². The Kier molecular flexibility index (Phi) is 4.05. The monoisotopic (exact) mass is 275 g/mol. The molecule has 0 fully saturated rings. The summed E-state index contributed by atoms with van der Waals surface area (Å²) in [4.78, 5) is 8.75. The maximum absolute atomic E-state index is 6.14. The second-order valence-corrected chi connectivity index (χ2v) is 5.06. The van der Waals surface area contributed by atoms with E-state index in [-0.39, 0.29) is 0 Å². The fraction of sp³-hybridized carbons (Fsp3) is 0.333.